The van der Waals surface area contributed by atoms with Gasteiger partial charge in [0.15, 0.2) is 0 Å². The van der Waals surface area contributed by atoms with Crippen LogP contribution in [0.15, 0.2) is 12.2 Å². The predicted octanol–water partition coefficient (Wildman–Crippen LogP) is 7.45. The van der Waals surface area contributed by atoms with Gasteiger partial charge in [0.25, 0.3) is 0 Å². The molecule has 0 aromatic rings. The number of allylic oxidation sites excluding steroid dienone is 2. The molecule has 0 rings (SSSR count). The SMILES string of the molecule is [CH2]C=CCCCCCCCCCCCCCCCC[CH2]. The van der Waals surface area contributed by atoms with Crippen LogP contribution in [0.25, 0.3) is 0 Å². The molecule has 0 aliphatic rings. The molecule has 0 unspecified atom stereocenters. The first-order valence-electron chi connectivity index (χ1n) is 9.15. The Morgan fingerprint density at radius 2 is 0.850 bits per heavy atom. The predicted molar refractivity (Wildman–Crippen MR) is 93.7 cm³/mol. The van der Waals surface area contributed by atoms with E-state index < -0.39 is 0 Å². The monoisotopic (exact) mass is 278 g/mol. The van der Waals surface area contributed by atoms with Gasteiger partial charge in [-0.3, -0.25) is 0 Å². The molecule has 0 aliphatic heterocycles. The number of rotatable bonds is 16. The molecule has 0 aliphatic carbocycles. The van der Waals surface area contributed by atoms with Gasteiger partial charge >= 0.3 is 0 Å². The molecule has 0 N–H and O–H groups in total. The molecular formula is C20H38. The molecule has 0 amide bonds. The first-order chi connectivity index (χ1) is 9.91. The summed E-state index contributed by atoms with van der Waals surface area (Å²) in [7, 11) is 0. The minimum absolute atomic E-state index is 1.12. The van der Waals surface area contributed by atoms with Crippen molar-refractivity contribution in [3.63, 3.8) is 0 Å². The maximum atomic E-state index is 3.89. The summed E-state index contributed by atoms with van der Waals surface area (Å²) in [5.74, 6) is 0. The van der Waals surface area contributed by atoms with Crippen molar-refractivity contribution >= 4 is 0 Å². The zero-order valence-electron chi connectivity index (χ0n) is 13.9. The second-order valence-electron chi connectivity index (χ2n) is 6.06. The molecule has 0 fully saturated rings. The summed E-state index contributed by atoms with van der Waals surface area (Å²) in [5.41, 5.74) is 0. The quantitative estimate of drug-likeness (QED) is 0.257. The van der Waals surface area contributed by atoms with Gasteiger partial charge in [-0.1, -0.05) is 109 Å². The van der Waals surface area contributed by atoms with E-state index in [4.69, 9.17) is 0 Å². The van der Waals surface area contributed by atoms with E-state index in [-0.39, 0.29) is 0 Å². The molecule has 0 saturated heterocycles. The van der Waals surface area contributed by atoms with Gasteiger partial charge in [0, 0.05) is 0 Å². The molecule has 2 radical (unpaired) electrons. The van der Waals surface area contributed by atoms with Crippen LogP contribution in [0.4, 0.5) is 0 Å². The molecule has 0 aromatic carbocycles. The van der Waals surface area contributed by atoms with Crippen molar-refractivity contribution in [3.8, 4) is 0 Å². The van der Waals surface area contributed by atoms with Crippen molar-refractivity contribution in [2.45, 2.75) is 103 Å². The average molecular weight is 279 g/mol. The normalized spacial score (nSPS) is 11.5. The summed E-state index contributed by atoms with van der Waals surface area (Å²) in [6.07, 6.45) is 26.4. The zero-order chi connectivity index (χ0) is 14.7. The highest BCUT2D eigenvalue weighted by atomic mass is 14.0. The lowest BCUT2D eigenvalue weighted by atomic mass is 10.0. The fourth-order valence-corrected chi connectivity index (χ4v) is 2.68. The summed E-state index contributed by atoms with van der Waals surface area (Å²) in [6, 6.07) is 0. The minimum atomic E-state index is 1.12. The molecule has 0 nitrogen and oxygen atoms in total. The number of unbranched alkanes of at least 4 members (excludes halogenated alkanes) is 15. The number of hydrogen-bond donors (Lipinski definition) is 0. The summed E-state index contributed by atoms with van der Waals surface area (Å²) >= 11 is 0. The van der Waals surface area contributed by atoms with E-state index in [9.17, 15) is 0 Å². The lowest BCUT2D eigenvalue weighted by Gasteiger charge is -2.03. The topological polar surface area (TPSA) is 0 Å². The molecule has 0 spiro atoms. The zero-order valence-corrected chi connectivity index (χ0v) is 13.9. The van der Waals surface area contributed by atoms with Crippen LogP contribution in [0.2, 0.25) is 0 Å². The minimum Gasteiger partial charge on any atom is -0.0885 e. The summed E-state index contributed by atoms with van der Waals surface area (Å²) in [5, 5.41) is 0. The van der Waals surface area contributed by atoms with E-state index >= 15 is 0 Å². The third-order valence-electron chi connectivity index (χ3n) is 4.04. The molecule has 0 aromatic heterocycles. The molecule has 0 heterocycles. The van der Waals surface area contributed by atoms with Gasteiger partial charge < -0.3 is 0 Å². The highest BCUT2D eigenvalue weighted by Gasteiger charge is 1.93. The molecule has 0 saturated carbocycles. The van der Waals surface area contributed by atoms with Gasteiger partial charge in [-0.15, -0.1) is 0 Å². The highest BCUT2D eigenvalue weighted by Crippen LogP contribution is 2.13. The summed E-state index contributed by atoms with van der Waals surface area (Å²) in [4.78, 5) is 0. The average Bonchev–Trinajstić information content (AvgIpc) is 2.47. The van der Waals surface area contributed by atoms with Gasteiger partial charge in [0.05, 0.1) is 0 Å². The van der Waals surface area contributed by atoms with Crippen LogP contribution in [-0.2, 0) is 0 Å². The Labute approximate surface area is 129 Å². The van der Waals surface area contributed by atoms with Crippen LogP contribution in [0.5, 0.6) is 0 Å². The van der Waals surface area contributed by atoms with Gasteiger partial charge in [0.1, 0.15) is 0 Å². The van der Waals surface area contributed by atoms with Crippen molar-refractivity contribution in [2.75, 3.05) is 0 Å². The maximum Gasteiger partial charge on any atom is -0.0316 e. The first-order valence-corrected chi connectivity index (χ1v) is 9.15. The largest absolute Gasteiger partial charge is 0.0885 e. The molecular weight excluding hydrogens is 240 g/mol. The molecule has 0 atom stereocenters. The van der Waals surface area contributed by atoms with E-state index in [1.54, 1.807) is 0 Å². The van der Waals surface area contributed by atoms with Crippen LogP contribution in [-0.4, -0.2) is 0 Å². The van der Waals surface area contributed by atoms with Crippen molar-refractivity contribution < 1.29 is 0 Å². The lowest BCUT2D eigenvalue weighted by molar-refractivity contribution is 0.534. The first kappa shape index (κ1) is 19.7. The Hall–Kier alpha value is -0.260. The summed E-state index contributed by atoms with van der Waals surface area (Å²) < 4.78 is 0. The molecule has 0 heteroatoms. The standard InChI is InChI=1S/C20H38/c1-3-5-7-9-11-13-15-17-19-20-18-16-14-12-10-8-6-4-2/h3,5H,1-2,4,6-20H2. The van der Waals surface area contributed by atoms with Crippen molar-refractivity contribution in [1.29, 1.82) is 0 Å². The molecule has 20 heavy (non-hydrogen) atoms. The maximum absolute atomic E-state index is 3.89. The highest BCUT2D eigenvalue weighted by molar-refractivity contribution is 4.83. The Morgan fingerprint density at radius 3 is 1.20 bits per heavy atom. The Bertz CT molecular complexity index is 180. The van der Waals surface area contributed by atoms with Crippen LogP contribution in [0.1, 0.15) is 103 Å². The summed E-state index contributed by atoms with van der Waals surface area (Å²) in [6.45, 7) is 7.60. The van der Waals surface area contributed by atoms with Gasteiger partial charge in [0.2, 0.25) is 0 Å². The van der Waals surface area contributed by atoms with Crippen LogP contribution in [0.3, 0.4) is 0 Å². The second-order valence-corrected chi connectivity index (χ2v) is 6.06. The van der Waals surface area contributed by atoms with Crippen LogP contribution in [0, 0.1) is 13.8 Å². The van der Waals surface area contributed by atoms with Gasteiger partial charge in [-0.25, -0.2) is 0 Å². The third-order valence-corrected chi connectivity index (χ3v) is 4.04. The third kappa shape index (κ3) is 17.7. The van der Waals surface area contributed by atoms with Crippen molar-refractivity contribution in [2.24, 2.45) is 0 Å². The second kappa shape index (κ2) is 18.7. The van der Waals surface area contributed by atoms with E-state index in [0.29, 0.717) is 0 Å². The van der Waals surface area contributed by atoms with Crippen molar-refractivity contribution in [3.05, 3.63) is 26.0 Å². The Morgan fingerprint density at radius 1 is 0.500 bits per heavy atom. The smallest absolute Gasteiger partial charge is 0.0316 e. The fraction of sp³-hybridized carbons (Fsp3) is 0.800. The van der Waals surface area contributed by atoms with E-state index in [0.717, 1.165) is 6.42 Å². The lowest BCUT2D eigenvalue weighted by Crippen LogP contribution is -1.83. The fourth-order valence-electron chi connectivity index (χ4n) is 2.68. The molecule has 0 bridgehead atoms. The Balaban J connectivity index is 2.92. The van der Waals surface area contributed by atoms with Gasteiger partial charge in [-0.05, 0) is 19.8 Å². The van der Waals surface area contributed by atoms with E-state index in [2.05, 4.69) is 19.9 Å². The van der Waals surface area contributed by atoms with E-state index in [1.807, 2.05) is 6.08 Å². The van der Waals surface area contributed by atoms with Crippen LogP contribution < -0.4 is 0 Å². The Kier molecular flexibility index (Phi) is 18.5. The number of hydrogen-bond acceptors (Lipinski definition) is 0. The van der Waals surface area contributed by atoms with Gasteiger partial charge in [-0.2, -0.15) is 0 Å². The molecule has 118 valence electrons. The van der Waals surface area contributed by atoms with Crippen LogP contribution >= 0.6 is 0 Å². The van der Waals surface area contributed by atoms with E-state index in [1.165, 1.54) is 96.3 Å². The van der Waals surface area contributed by atoms with Crippen molar-refractivity contribution in [1.82, 2.24) is 0 Å².